The zero-order chi connectivity index (χ0) is 9.68. The second-order valence-corrected chi connectivity index (χ2v) is 2.82. The first kappa shape index (κ1) is 9.86. The van der Waals surface area contributed by atoms with E-state index in [9.17, 15) is 9.18 Å². The van der Waals surface area contributed by atoms with Crippen molar-refractivity contribution < 1.29 is 9.18 Å². The van der Waals surface area contributed by atoms with Gasteiger partial charge in [-0.05, 0) is 11.1 Å². The number of hydrogen-bond donors (Lipinski definition) is 1. The Labute approximate surface area is 76.6 Å². The van der Waals surface area contributed by atoms with E-state index in [0.29, 0.717) is 18.4 Å². The molecule has 1 aromatic carbocycles. The fraction of sp³-hybridized carbons (Fsp3) is 0.300. The molecule has 70 valence electrons. The van der Waals surface area contributed by atoms with Crippen LogP contribution in [-0.4, -0.2) is 6.29 Å². The van der Waals surface area contributed by atoms with Crippen molar-refractivity contribution in [3.63, 3.8) is 0 Å². The summed E-state index contributed by atoms with van der Waals surface area (Å²) < 4.78 is 13.2. The molecule has 1 atom stereocenters. The molecule has 0 radical (unpaired) electrons. The Kier molecular flexibility index (Phi) is 3.58. The van der Waals surface area contributed by atoms with Gasteiger partial charge in [0.25, 0.3) is 0 Å². The molecule has 0 heterocycles. The minimum Gasteiger partial charge on any atom is -0.326 e. The summed E-state index contributed by atoms with van der Waals surface area (Å²) in [6.07, 6.45) is -0.711. The fourth-order valence-corrected chi connectivity index (χ4v) is 1.14. The topological polar surface area (TPSA) is 43.1 Å². The molecule has 0 spiro atoms. The van der Waals surface area contributed by atoms with Crippen molar-refractivity contribution in [1.29, 1.82) is 0 Å². The molecule has 2 nitrogen and oxygen atoms in total. The molecule has 1 unspecified atom stereocenters. The number of aldehydes is 1. The molecular weight excluding hydrogens is 169 g/mol. The summed E-state index contributed by atoms with van der Waals surface area (Å²) >= 11 is 0. The van der Waals surface area contributed by atoms with Gasteiger partial charge in [-0.3, -0.25) is 0 Å². The lowest BCUT2D eigenvalue weighted by atomic mass is 10.1. The summed E-state index contributed by atoms with van der Waals surface area (Å²) in [5, 5.41) is 0. The summed E-state index contributed by atoms with van der Waals surface area (Å²) in [7, 11) is 0. The number of benzene rings is 1. The van der Waals surface area contributed by atoms with Crippen LogP contribution in [0.5, 0.6) is 0 Å². The third kappa shape index (κ3) is 2.63. The minimum atomic E-state index is -1.20. The van der Waals surface area contributed by atoms with Crippen molar-refractivity contribution in [1.82, 2.24) is 0 Å². The Bertz CT molecular complexity index is 288. The van der Waals surface area contributed by atoms with Crippen molar-refractivity contribution in [2.45, 2.75) is 19.1 Å². The van der Waals surface area contributed by atoms with Gasteiger partial charge >= 0.3 is 0 Å². The highest BCUT2D eigenvalue weighted by atomic mass is 19.1. The van der Waals surface area contributed by atoms with Gasteiger partial charge in [0.2, 0.25) is 0 Å². The number of nitrogens with two attached hydrogens (primary N) is 1. The highest BCUT2D eigenvalue weighted by molar-refractivity contribution is 5.51. The molecule has 3 heteroatoms. The van der Waals surface area contributed by atoms with Gasteiger partial charge in [0, 0.05) is 13.0 Å². The van der Waals surface area contributed by atoms with Gasteiger partial charge in [-0.2, -0.15) is 0 Å². The van der Waals surface area contributed by atoms with Gasteiger partial charge in [0.1, 0.15) is 12.5 Å². The standard InChI is InChI=1S/C10H12FNO/c11-10(4-5-13)9-3-1-2-8(6-9)7-12/h1-3,5-6,10H,4,7,12H2. The number of alkyl halides is 1. The van der Waals surface area contributed by atoms with Crippen LogP contribution in [0.4, 0.5) is 4.39 Å². The first-order valence-corrected chi connectivity index (χ1v) is 4.14. The first-order chi connectivity index (χ1) is 6.27. The molecule has 0 aliphatic carbocycles. The third-order valence-corrected chi connectivity index (χ3v) is 1.85. The quantitative estimate of drug-likeness (QED) is 0.719. The van der Waals surface area contributed by atoms with Gasteiger partial charge < -0.3 is 10.5 Å². The minimum absolute atomic E-state index is 0.0893. The molecule has 1 rings (SSSR count). The van der Waals surface area contributed by atoms with Crippen molar-refractivity contribution >= 4 is 6.29 Å². The molecule has 0 saturated heterocycles. The van der Waals surface area contributed by atoms with Crippen LogP contribution < -0.4 is 5.73 Å². The van der Waals surface area contributed by atoms with E-state index in [-0.39, 0.29) is 6.42 Å². The van der Waals surface area contributed by atoms with E-state index in [1.165, 1.54) is 0 Å². The van der Waals surface area contributed by atoms with Crippen LogP contribution in [0.3, 0.4) is 0 Å². The third-order valence-electron chi connectivity index (χ3n) is 1.85. The molecule has 0 amide bonds. The lowest BCUT2D eigenvalue weighted by molar-refractivity contribution is -0.108. The molecule has 0 bridgehead atoms. The fourth-order valence-electron chi connectivity index (χ4n) is 1.14. The summed E-state index contributed by atoms with van der Waals surface area (Å²) in [6.45, 7) is 0.391. The van der Waals surface area contributed by atoms with E-state index in [1.807, 2.05) is 6.07 Å². The largest absolute Gasteiger partial charge is 0.326 e. The van der Waals surface area contributed by atoms with Gasteiger partial charge in [-0.25, -0.2) is 4.39 Å². The van der Waals surface area contributed by atoms with E-state index in [1.54, 1.807) is 18.2 Å². The summed E-state index contributed by atoms with van der Waals surface area (Å²) in [5.74, 6) is 0. The molecule has 0 aliphatic rings. The lowest BCUT2D eigenvalue weighted by Gasteiger charge is -2.05. The Hall–Kier alpha value is -1.22. The van der Waals surface area contributed by atoms with Crippen LogP contribution in [0.15, 0.2) is 24.3 Å². The zero-order valence-electron chi connectivity index (χ0n) is 7.24. The number of carbonyl (C=O) groups excluding carboxylic acids is 1. The molecular formula is C10H12FNO. The van der Waals surface area contributed by atoms with E-state index in [2.05, 4.69) is 0 Å². The maximum atomic E-state index is 13.2. The van der Waals surface area contributed by atoms with E-state index >= 15 is 0 Å². The molecule has 0 saturated carbocycles. The normalized spacial score (nSPS) is 12.5. The highest BCUT2D eigenvalue weighted by Gasteiger charge is 2.08. The molecule has 0 aliphatic heterocycles. The highest BCUT2D eigenvalue weighted by Crippen LogP contribution is 2.20. The van der Waals surface area contributed by atoms with E-state index in [0.717, 1.165) is 5.56 Å². The van der Waals surface area contributed by atoms with E-state index in [4.69, 9.17) is 5.73 Å². The summed E-state index contributed by atoms with van der Waals surface area (Å²) in [4.78, 5) is 10.1. The van der Waals surface area contributed by atoms with Crippen molar-refractivity contribution in [2.24, 2.45) is 5.73 Å². The first-order valence-electron chi connectivity index (χ1n) is 4.14. The summed E-state index contributed by atoms with van der Waals surface area (Å²) in [6, 6.07) is 6.92. The van der Waals surface area contributed by atoms with Crippen molar-refractivity contribution in [3.8, 4) is 0 Å². The smallest absolute Gasteiger partial charge is 0.132 e. The second-order valence-electron chi connectivity index (χ2n) is 2.82. The number of hydrogen-bond acceptors (Lipinski definition) is 2. The SMILES string of the molecule is NCc1cccc(C(F)CC=O)c1. The van der Waals surface area contributed by atoms with Crippen LogP contribution in [-0.2, 0) is 11.3 Å². The maximum absolute atomic E-state index is 13.2. The van der Waals surface area contributed by atoms with Crippen LogP contribution in [0.1, 0.15) is 23.7 Å². The van der Waals surface area contributed by atoms with Crippen molar-refractivity contribution in [3.05, 3.63) is 35.4 Å². The van der Waals surface area contributed by atoms with Gasteiger partial charge in [-0.15, -0.1) is 0 Å². The second kappa shape index (κ2) is 4.72. The molecule has 2 N–H and O–H groups in total. The van der Waals surface area contributed by atoms with Crippen LogP contribution in [0, 0.1) is 0 Å². The van der Waals surface area contributed by atoms with Crippen LogP contribution >= 0.6 is 0 Å². The molecule has 0 fully saturated rings. The molecule has 13 heavy (non-hydrogen) atoms. The van der Waals surface area contributed by atoms with Crippen LogP contribution in [0.25, 0.3) is 0 Å². The average molecular weight is 181 g/mol. The van der Waals surface area contributed by atoms with Gasteiger partial charge in [0.05, 0.1) is 0 Å². The van der Waals surface area contributed by atoms with Gasteiger partial charge in [-0.1, -0.05) is 24.3 Å². The Morgan fingerprint density at radius 1 is 1.54 bits per heavy atom. The van der Waals surface area contributed by atoms with Gasteiger partial charge in [0.15, 0.2) is 0 Å². The number of halogens is 1. The predicted molar refractivity (Wildman–Crippen MR) is 48.9 cm³/mol. The van der Waals surface area contributed by atoms with E-state index < -0.39 is 6.17 Å². The number of rotatable bonds is 4. The Balaban J connectivity index is 2.81. The van der Waals surface area contributed by atoms with Crippen molar-refractivity contribution in [2.75, 3.05) is 0 Å². The molecule has 1 aromatic rings. The zero-order valence-corrected chi connectivity index (χ0v) is 7.24. The monoisotopic (exact) mass is 181 g/mol. The Morgan fingerprint density at radius 2 is 2.31 bits per heavy atom. The maximum Gasteiger partial charge on any atom is 0.132 e. The summed E-state index contributed by atoms with van der Waals surface area (Å²) in [5.41, 5.74) is 6.80. The number of carbonyl (C=O) groups is 1. The predicted octanol–water partition coefficient (Wildman–Crippen LogP) is 1.74. The lowest BCUT2D eigenvalue weighted by Crippen LogP contribution is -1.99. The van der Waals surface area contributed by atoms with Crippen LogP contribution in [0.2, 0.25) is 0 Å². The Morgan fingerprint density at radius 3 is 2.92 bits per heavy atom. The molecule has 0 aromatic heterocycles. The average Bonchev–Trinajstić information content (AvgIpc) is 2.18.